The van der Waals surface area contributed by atoms with E-state index in [0.717, 1.165) is 68.7 Å². The minimum atomic E-state index is 0.393. The molecule has 1 aliphatic carbocycles. The van der Waals surface area contributed by atoms with Crippen LogP contribution in [0.5, 0.6) is 0 Å². The van der Waals surface area contributed by atoms with Crippen LogP contribution in [0.3, 0.4) is 0 Å². The molecule has 0 bridgehead atoms. The highest BCUT2D eigenvalue weighted by Gasteiger charge is 2.25. The minimum absolute atomic E-state index is 0.393. The molecule has 2 fully saturated rings. The van der Waals surface area contributed by atoms with Gasteiger partial charge in [-0.05, 0) is 91.6 Å². The summed E-state index contributed by atoms with van der Waals surface area (Å²) in [5.41, 5.74) is 5.30. The second kappa shape index (κ2) is 13.3. The fourth-order valence-electron chi connectivity index (χ4n) is 5.61. The van der Waals surface area contributed by atoms with Gasteiger partial charge in [0.1, 0.15) is 11.5 Å². The van der Waals surface area contributed by atoms with Gasteiger partial charge in [-0.1, -0.05) is 37.5 Å². The molecule has 35 heavy (non-hydrogen) atoms. The maximum absolute atomic E-state index is 9.22. The average Bonchev–Trinajstić information content (AvgIpc) is 3.25. The van der Waals surface area contributed by atoms with Crippen LogP contribution in [0.15, 0.2) is 29.4 Å². The van der Waals surface area contributed by atoms with Crippen LogP contribution < -0.4 is 5.32 Å². The van der Waals surface area contributed by atoms with E-state index in [2.05, 4.69) is 62.8 Å². The molecule has 1 saturated heterocycles. The number of rotatable bonds is 12. The molecule has 194 valence electrons. The van der Waals surface area contributed by atoms with Crippen LogP contribution in [0.2, 0.25) is 0 Å². The first-order valence-corrected chi connectivity index (χ1v) is 13.7. The summed E-state index contributed by atoms with van der Waals surface area (Å²) < 4.78 is 0. The molecule has 0 radical (unpaired) electrons. The number of hydrogen-bond acceptors (Lipinski definition) is 6. The minimum Gasteiger partial charge on any atom is -0.369 e. The van der Waals surface area contributed by atoms with Gasteiger partial charge in [0, 0.05) is 36.8 Å². The largest absolute Gasteiger partial charge is 0.369 e. The Morgan fingerprint density at radius 2 is 2.03 bits per heavy atom. The number of hydrogen-bond donors (Lipinski definition) is 2. The molecule has 6 nitrogen and oxygen atoms in total. The third-order valence-corrected chi connectivity index (χ3v) is 7.81. The van der Waals surface area contributed by atoms with Gasteiger partial charge in [0.2, 0.25) is 0 Å². The van der Waals surface area contributed by atoms with Crippen molar-refractivity contribution < 1.29 is 0 Å². The first kappa shape index (κ1) is 27.5. The number of aryl methyl sites for hydroxylation is 1. The molecule has 0 amide bonds. The van der Waals surface area contributed by atoms with E-state index in [1.54, 1.807) is 0 Å². The monoisotopic (exact) mass is 480 g/mol. The topological polar surface area (TPSA) is 68.1 Å². The number of nitrogens with one attached hydrogen (secondary N) is 2. The molecule has 1 aromatic rings. The summed E-state index contributed by atoms with van der Waals surface area (Å²) in [6.07, 6.45) is 11.2. The molecular formula is C29H48N6. The molecule has 1 aromatic heterocycles. The molecule has 2 heterocycles. The van der Waals surface area contributed by atoms with Gasteiger partial charge in [-0.2, -0.15) is 0 Å². The van der Waals surface area contributed by atoms with Gasteiger partial charge in [0.15, 0.2) is 5.82 Å². The molecule has 6 heteroatoms. The standard InChI is InChI=1S/C29H48N6/c1-7-11-26(22(3)25-14-9-8-12-21(25)2)28(30)29-32-23(15-16-24-13-10-18-35(24)6)20-27(33-29)31-17-19-34(4)5/h20,24-25,30H,2,7-19H2,1,3-6H3,(H,31,32,33)/b26-22+,30-28?/t24-,25-/m0/s1. The van der Waals surface area contributed by atoms with Crippen LogP contribution in [0.1, 0.15) is 83.2 Å². The summed E-state index contributed by atoms with van der Waals surface area (Å²) in [4.78, 5) is 14.4. The van der Waals surface area contributed by atoms with Crippen molar-refractivity contribution in [2.45, 2.75) is 84.1 Å². The van der Waals surface area contributed by atoms with Gasteiger partial charge in [-0.15, -0.1) is 0 Å². The fraction of sp³-hybridized carbons (Fsp3) is 0.690. The van der Waals surface area contributed by atoms with Crippen molar-refractivity contribution in [2.75, 3.05) is 46.1 Å². The van der Waals surface area contributed by atoms with E-state index in [1.165, 1.54) is 43.4 Å². The number of nitrogens with zero attached hydrogens (tertiary/aromatic N) is 4. The van der Waals surface area contributed by atoms with E-state index in [-0.39, 0.29) is 0 Å². The van der Waals surface area contributed by atoms with E-state index in [1.807, 2.05) is 0 Å². The molecule has 0 spiro atoms. The van der Waals surface area contributed by atoms with E-state index in [9.17, 15) is 5.41 Å². The highest BCUT2D eigenvalue weighted by molar-refractivity contribution is 6.08. The van der Waals surface area contributed by atoms with Crippen molar-refractivity contribution >= 4 is 11.5 Å². The molecule has 3 rings (SSSR count). The second-order valence-electron chi connectivity index (χ2n) is 10.9. The van der Waals surface area contributed by atoms with E-state index in [0.29, 0.717) is 23.5 Å². The van der Waals surface area contributed by atoms with Crippen molar-refractivity contribution in [1.29, 1.82) is 5.41 Å². The molecule has 2 aliphatic rings. The maximum atomic E-state index is 9.22. The summed E-state index contributed by atoms with van der Waals surface area (Å²) in [6, 6.07) is 2.73. The molecular weight excluding hydrogens is 432 g/mol. The van der Waals surface area contributed by atoms with Crippen LogP contribution in [-0.2, 0) is 6.42 Å². The Balaban J connectivity index is 1.88. The van der Waals surface area contributed by atoms with Gasteiger partial charge in [-0.3, -0.25) is 5.41 Å². The lowest BCUT2D eigenvalue weighted by Crippen LogP contribution is -2.25. The molecule has 1 aliphatic heterocycles. The SMILES string of the molecule is C=C1CCCC[C@@H]1/C(C)=C(\CCC)C(=N)c1nc(CC[C@@H]2CCCN2C)cc(NCCN(C)C)n1. The second-order valence-corrected chi connectivity index (χ2v) is 10.9. The van der Waals surface area contributed by atoms with Gasteiger partial charge < -0.3 is 15.1 Å². The number of anilines is 1. The smallest absolute Gasteiger partial charge is 0.179 e. The van der Waals surface area contributed by atoms with Gasteiger partial charge in [0.25, 0.3) is 0 Å². The number of allylic oxidation sites excluding steroid dienone is 3. The third-order valence-electron chi connectivity index (χ3n) is 7.81. The maximum Gasteiger partial charge on any atom is 0.179 e. The van der Waals surface area contributed by atoms with Crippen LogP contribution >= 0.6 is 0 Å². The summed E-state index contributed by atoms with van der Waals surface area (Å²) in [5, 5.41) is 12.7. The summed E-state index contributed by atoms with van der Waals surface area (Å²) in [7, 11) is 6.39. The zero-order valence-electron chi connectivity index (χ0n) is 22.9. The molecule has 0 unspecified atom stereocenters. The first-order valence-electron chi connectivity index (χ1n) is 13.7. The Labute approximate surface area is 213 Å². The number of likely N-dealkylation sites (tertiary alicyclic amines) is 1. The van der Waals surface area contributed by atoms with E-state index >= 15 is 0 Å². The van der Waals surface area contributed by atoms with Gasteiger partial charge >= 0.3 is 0 Å². The van der Waals surface area contributed by atoms with Crippen molar-refractivity contribution in [3.63, 3.8) is 0 Å². The average molecular weight is 481 g/mol. The van der Waals surface area contributed by atoms with Gasteiger partial charge in [0.05, 0.1) is 0 Å². The van der Waals surface area contributed by atoms with Gasteiger partial charge in [-0.25, -0.2) is 9.97 Å². The molecule has 2 N–H and O–H groups in total. The predicted octanol–water partition coefficient (Wildman–Crippen LogP) is 5.71. The normalized spacial score (nSPS) is 21.9. The quantitative estimate of drug-likeness (QED) is 0.296. The fourth-order valence-corrected chi connectivity index (χ4v) is 5.61. The van der Waals surface area contributed by atoms with Crippen molar-refractivity contribution in [1.82, 2.24) is 19.8 Å². The van der Waals surface area contributed by atoms with Crippen molar-refractivity contribution in [2.24, 2.45) is 5.92 Å². The first-order chi connectivity index (χ1) is 16.8. The summed E-state index contributed by atoms with van der Waals surface area (Å²) in [5.74, 6) is 1.80. The number of likely N-dealkylation sites (N-methyl/N-ethyl adjacent to an activating group) is 1. The van der Waals surface area contributed by atoms with Crippen LogP contribution in [-0.4, -0.2) is 72.3 Å². The summed E-state index contributed by atoms with van der Waals surface area (Å²) >= 11 is 0. The van der Waals surface area contributed by atoms with Crippen molar-refractivity contribution in [3.8, 4) is 0 Å². The van der Waals surface area contributed by atoms with Crippen molar-refractivity contribution in [3.05, 3.63) is 40.9 Å². The third kappa shape index (κ3) is 7.71. The zero-order valence-corrected chi connectivity index (χ0v) is 22.9. The summed E-state index contributed by atoms with van der Waals surface area (Å²) in [6.45, 7) is 11.7. The van der Waals surface area contributed by atoms with E-state index < -0.39 is 0 Å². The lowest BCUT2D eigenvalue weighted by Gasteiger charge is -2.28. The zero-order chi connectivity index (χ0) is 25.4. The molecule has 1 saturated carbocycles. The Hall–Kier alpha value is -2.05. The molecule has 0 aromatic carbocycles. The highest BCUT2D eigenvalue weighted by Crippen LogP contribution is 2.36. The molecule has 2 atom stereocenters. The number of aromatic nitrogens is 2. The Bertz CT molecular complexity index is 902. The highest BCUT2D eigenvalue weighted by atomic mass is 15.1. The van der Waals surface area contributed by atoms with Crippen LogP contribution in [0.25, 0.3) is 0 Å². The lowest BCUT2D eigenvalue weighted by atomic mass is 9.78. The van der Waals surface area contributed by atoms with Crippen LogP contribution in [0, 0.1) is 11.3 Å². The Morgan fingerprint density at radius 3 is 2.69 bits per heavy atom. The predicted molar refractivity (Wildman–Crippen MR) is 149 cm³/mol. The van der Waals surface area contributed by atoms with Crippen LogP contribution in [0.4, 0.5) is 5.82 Å². The Morgan fingerprint density at radius 1 is 1.23 bits per heavy atom. The lowest BCUT2D eigenvalue weighted by molar-refractivity contribution is 0.296. The Kier molecular flexibility index (Phi) is 10.5. The van der Waals surface area contributed by atoms with E-state index in [4.69, 9.17) is 9.97 Å².